The molecular formula is C12H28N6O. The summed E-state index contributed by atoms with van der Waals surface area (Å²) in [5.41, 5.74) is 11.1. The molecule has 0 radical (unpaired) electrons. The van der Waals surface area contributed by atoms with E-state index >= 15 is 0 Å². The van der Waals surface area contributed by atoms with Crippen LogP contribution in [0.1, 0.15) is 6.42 Å². The average Bonchev–Trinajstić information content (AvgIpc) is 2.70. The van der Waals surface area contributed by atoms with Crippen LogP contribution in [0.4, 0.5) is 0 Å². The maximum atomic E-state index is 11.5. The zero-order chi connectivity index (χ0) is 13.9. The molecule has 0 saturated carbocycles. The van der Waals surface area contributed by atoms with Crippen LogP contribution in [0.15, 0.2) is 0 Å². The topological polar surface area (TPSA) is 108 Å². The predicted molar refractivity (Wildman–Crippen MR) is 76.8 cm³/mol. The molecule has 0 aromatic heterocycles. The summed E-state index contributed by atoms with van der Waals surface area (Å²) in [6.07, 6.45) is 0.497. The van der Waals surface area contributed by atoms with Gasteiger partial charge in [-0.3, -0.25) is 4.79 Å². The van der Waals surface area contributed by atoms with Gasteiger partial charge in [-0.15, -0.1) is 0 Å². The van der Waals surface area contributed by atoms with E-state index in [1.54, 1.807) is 0 Å². The molecule has 7 heteroatoms. The van der Waals surface area contributed by atoms with Gasteiger partial charge in [0.25, 0.3) is 0 Å². The van der Waals surface area contributed by atoms with Crippen LogP contribution < -0.4 is 27.4 Å². The van der Waals surface area contributed by atoms with E-state index in [1.165, 1.54) is 0 Å². The van der Waals surface area contributed by atoms with Gasteiger partial charge >= 0.3 is 0 Å². The van der Waals surface area contributed by atoms with E-state index in [2.05, 4.69) is 16.0 Å². The number of amides is 1. The molecule has 1 aliphatic heterocycles. The minimum absolute atomic E-state index is 0.0233. The lowest BCUT2D eigenvalue weighted by Gasteiger charge is -2.16. The number of hydrogen-bond acceptors (Lipinski definition) is 6. The lowest BCUT2D eigenvalue weighted by Crippen LogP contribution is -2.38. The van der Waals surface area contributed by atoms with Crippen molar-refractivity contribution in [2.75, 3.05) is 58.9 Å². The molecule has 1 aliphatic rings. The fraction of sp³-hybridized carbons (Fsp3) is 0.917. The number of hydrogen-bond donors (Lipinski definition) is 5. The second-order valence-corrected chi connectivity index (χ2v) is 4.84. The van der Waals surface area contributed by atoms with E-state index in [1.807, 2.05) is 4.90 Å². The molecule has 1 unspecified atom stereocenters. The fourth-order valence-electron chi connectivity index (χ4n) is 2.06. The number of carbonyl (C=O) groups is 1. The molecule has 7 nitrogen and oxygen atoms in total. The van der Waals surface area contributed by atoms with E-state index < -0.39 is 0 Å². The second-order valence-electron chi connectivity index (χ2n) is 4.84. The van der Waals surface area contributed by atoms with Crippen molar-refractivity contribution >= 4 is 5.91 Å². The summed E-state index contributed by atoms with van der Waals surface area (Å²) < 4.78 is 0. The molecule has 7 N–H and O–H groups in total. The van der Waals surface area contributed by atoms with Gasteiger partial charge in [0, 0.05) is 71.4 Å². The Balaban J connectivity index is 1.82. The summed E-state index contributed by atoms with van der Waals surface area (Å²) in [5, 5.41) is 9.85. The normalized spacial score (nSPS) is 19.4. The van der Waals surface area contributed by atoms with Crippen molar-refractivity contribution in [3.05, 3.63) is 0 Å². The average molecular weight is 272 g/mol. The van der Waals surface area contributed by atoms with Crippen LogP contribution >= 0.6 is 0 Å². The fourth-order valence-corrected chi connectivity index (χ4v) is 2.06. The number of nitrogens with two attached hydrogens (primary N) is 2. The molecule has 0 aromatic carbocycles. The lowest BCUT2D eigenvalue weighted by molar-refractivity contribution is -0.127. The van der Waals surface area contributed by atoms with Gasteiger partial charge in [-0.2, -0.15) is 0 Å². The molecule has 1 heterocycles. The van der Waals surface area contributed by atoms with Crippen LogP contribution in [0.2, 0.25) is 0 Å². The quantitative estimate of drug-likeness (QED) is 0.261. The van der Waals surface area contributed by atoms with Crippen LogP contribution in [0.5, 0.6) is 0 Å². The Hall–Kier alpha value is -0.730. The van der Waals surface area contributed by atoms with Crippen LogP contribution in [-0.2, 0) is 4.79 Å². The first-order chi connectivity index (χ1) is 9.24. The smallest absolute Gasteiger partial charge is 0.224 e. The van der Waals surface area contributed by atoms with Gasteiger partial charge in [-0.05, 0) is 0 Å². The van der Waals surface area contributed by atoms with Gasteiger partial charge in [-0.25, -0.2) is 0 Å². The summed E-state index contributed by atoms with van der Waals surface area (Å²) in [4.78, 5) is 13.3. The zero-order valence-electron chi connectivity index (χ0n) is 11.7. The molecule has 112 valence electrons. The summed E-state index contributed by atoms with van der Waals surface area (Å²) >= 11 is 0. The monoisotopic (exact) mass is 272 g/mol. The largest absolute Gasteiger partial charge is 0.340 e. The highest BCUT2D eigenvalue weighted by atomic mass is 16.2. The third kappa shape index (κ3) is 7.44. The van der Waals surface area contributed by atoms with Gasteiger partial charge in [0.2, 0.25) is 5.91 Å². The van der Waals surface area contributed by atoms with E-state index in [4.69, 9.17) is 11.5 Å². The maximum absolute atomic E-state index is 11.5. The van der Waals surface area contributed by atoms with Gasteiger partial charge in [-0.1, -0.05) is 0 Å². The number of likely N-dealkylation sites (tertiary alicyclic amines) is 1. The first kappa shape index (κ1) is 16.3. The zero-order valence-corrected chi connectivity index (χ0v) is 11.7. The van der Waals surface area contributed by atoms with Crippen molar-refractivity contribution in [3.8, 4) is 0 Å². The molecule has 1 atom stereocenters. The van der Waals surface area contributed by atoms with Gasteiger partial charge in [0.05, 0.1) is 0 Å². The second kappa shape index (κ2) is 10.1. The summed E-state index contributed by atoms with van der Waals surface area (Å²) in [6, 6.07) is 0.0233. The van der Waals surface area contributed by atoms with Crippen LogP contribution in [0.25, 0.3) is 0 Å². The number of nitrogens with one attached hydrogen (secondary N) is 3. The number of nitrogens with zero attached hydrogens (tertiary/aromatic N) is 1. The standard InChI is InChI=1S/C12H28N6O/c13-1-2-15-3-4-16-5-6-17-7-8-18-10-11(14)9-12(18)19/h11,15-17H,1-10,13-14H2. The number of rotatable bonds is 11. The molecule has 1 rings (SSSR count). The van der Waals surface area contributed by atoms with Gasteiger partial charge in [0.1, 0.15) is 0 Å². The van der Waals surface area contributed by atoms with Gasteiger partial charge < -0.3 is 32.3 Å². The summed E-state index contributed by atoms with van der Waals surface area (Å²) in [5.74, 6) is 0.179. The van der Waals surface area contributed by atoms with Crippen LogP contribution in [-0.4, -0.2) is 75.8 Å². The summed E-state index contributed by atoms with van der Waals surface area (Å²) in [6.45, 7) is 7.55. The Morgan fingerprint density at radius 3 is 2.16 bits per heavy atom. The highest BCUT2D eigenvalue weighted by molar-refractivity contribution is 5.79. The SMILES string of the molecule is NCCNCCNCCNCCN1CC(N)CC1=O. The Labute approximate surface area is 115 Å². The minimum Gasteiger partial charge on any atom is -0.340 e. The van der Waals surface area contributed by atoms with Crippen LogP contribution in [0, 0.1) is 0 Å². The highest BCUT2D eigenvalue weighted by Gasteiger charge is 2.25. The maximum Gasteiger partial charge on any atom is 0.224 e. The van der Waals surface area contributed by atoms with Crippen molar-refractivity contribution < 1.29 is 4.79 Å². The van der Waals surface area contributed by atoms with Crippen molar-refractivity contribution in [1.82, 2.24) is 20.9 Å². The minimum atomic E-state index is 0.0233. The van der Waals surface area contributed by atoms with Crippen molar-refractivity contribution in [1.29, 1.82) is 0 Å². The Morgan fingerprint density at radius 1 is 1.05 bits per heavy atom. The Bertz CT molecular complexity index is 250. The van der Waals surface area contributed by atoms with E-state index in [0.29, 0.717) is 19.5 Å². The van der Waals surface area contributed by atoms with Crippen LogP contribution in [0.3, 0.4) is 0 Å². The molecule has 0 bridgehead atoms. The van der Waals surface area contributed by atoms with Crippen molar-refractivity contribution in [3.63, 3.8) is 0 Å². The van der Waals surface area contributed by atoms with E-state index in [-0.39, 0.29) is 11.9 Å². The molecule has 19 heavy (non-hydrogen) atoms. The van der Waals surface area contributed by atoms with Crippen molar-refractivity contribution in [2.45, 2.75) is 12.5 Å². The number of carbonyl (C=O) groups excluding carboxylic acids is 1. The van der Waals surface area contributed by atoms with E-state index in [9.17, 15) is 4.79 Å². The molecule has 0 aromatic rings. The Morgan fingerprint density at radius 2 is 1.63 bits per heavy atom. The molecule has 1 amide bonds. The lowest BCUT2D eigenvalue weighted by atomic mass is 10.3. The van der Waals surface area contributed by atoms with E-state index in [0.717, 1.165) is 45.8 Å². The Kier molecular flexibility index (Phi) is 8.68. The third-order valence-electron chi connectivity index (χ3n) is 3.08. The highest BCUT2D eigenvalue weighted by Crippen LogP contribution is 2.07. The van der Waals surface area contributed by atoms with Gasteiger partial charge in [0.15, 0.2) is 0 Å². The molecule has 1 saturated heterocycles. The molecule has 1 fully saturated rings. The third-order valence-corrected chi connectivity index (χ3v) is 3.08. The van der Waals surface area contributed by atoms with Crippen molar-refractivity contribution in [2.24, 2.45) is 11.5 Å². The molecular weight excluding hydrogens is 244 g/mol. The summed E-state index contributed by atoms with van der Waals surface area (Å²) in [7, 11) is 0. The molecule has 0 spiro atoms. The predicted octanol–water partition coefficient (Wildman–Crippen LogP) is -2.73. The first-order valence-electron chi connectivity index (χ1n) is 7.09. The molecule has 0 aliphatic carbocycles. The first-order valence-corrected chi connectivity index (χ1v) is 7.09.